The maximum Gasteiger partial charge on any atom is 0.274 e. The number of benzene rings is 2. The Labute approximate surface area is 177 Å². The summed E-state index contributed by atoms with van der Waals surface area (Å²) in [6.45, 7) is 1.88. The number of aromatic nitrogens is 2. The van der Waals surface area contributed by atoms with Gasteiger partial charge < -0.3 is 14.4 Å². The number of amides is 1. The summed E-state index contributed by atoms with van der Waals surface area (Å²) >= 11 is 0. The van der Waals surface area contributed by atoms with E-state index in [0.29, 0.717) is 67.0 Å². The van der Waals surface area contributed by atoms with Gasteiger partial charge in [-0.3, -0.25) is 14.4 Å². The third-order valence-electron chi connectivity index (χ3n) is 5.88. The molecule has 0 aliphatic carbocycles. The van der Waals surface area contributed by atoms with Gasteiger partial charge in [0.1, 0.15) is 13.2 Å². The van der Waals surface area contributed by atoms with Gasteiger partial charge in [-0.2, -0.15) is 5.10 Å². The third kappa shape index (κ3) is 3.54. The number of hydrogen-bond donors (Lipinski definition) is 1. The van der Waals surface area contributed by atoms with E-state index in [1.54, 1.807) is 47.4 Å². The Morgan fingerprint density at radius 1 is 0.968 bits per heavy atom. The molecule has 8 nitrogen and oxygen atoms in total. The number of nitrogens with one attached hydrogen (secondary N) is 1. The first kappa shape index (κ1) is 19.3. The van der Waals surface area contributed by atoms with Crippen LogP contribution in [0.15, 0.2) is 47.3 Å². The summed E-state index contributed by atoms with van der Waals surface area (Å²) in [6.07, 6.45) is 1.14. The van der Waals surface area contributed by atoms with Crippen LogP contribution in [-0.2, 0) is 0 Å². The Morgan fingerprint density at radius 3 is 2.45 bits per heavy atom. The van der Waals surface area contributed by atoms with Gasteiger partial charge in [-0.25, -0.2) is 5.10 Å². The number of carbonyl (C=O) groups is 2. The number of ether oxygens (including phenoxy) is 2. The molecule has 2 aliphatic heterocycles. The Morgan fingerprint density at radius 2 is 1.68 bits per heavy atom. The Balaban J connectivity index is 1.30. The fourth-order valence-electron chi connectivity index (χ4n) is 4.20. The number of rotatable bonds is 3. The van der Waals surface area contributed by atoms with Gasteiger partial charge in [0.25, 0.3) is 11.5 Å². The molecular formula is C23H21N3O5. The van der Waals surface area contributed by atoms with E-state index in [1.807, 2.05) is 0 Å². The highest BCUT2D eigenvalue weighted by Gasteiger charge is 2.30. The number of hydrogen-bond acceptors (Lipinski definition) is 6. The molecule has 2 aromatic carbocycles. The predicted octanol–water partition coefficient (Wildman–Crippen LogP) is 2.43. The van der Waals surface area contributed by atoms with Crippen LogP contribution in [0.5, 0.6) is 11.5 Å². The molecule has 0 bridgehead atoms. The lowest BCUT2D eigenvalue weighted by Gasteiger charge is -2.31. The van der Waals surface area contributed by atoms with E-state index in [2.05, 4.69) is 10.2 Å². The number of piperidine rings is 1. The molecule has 158 valence electrons. The largest absolute Gasteiger partial charge is 0.486 e. The highest BCUT2D eigenvalue weighted by Crippen LogP contribution is 2.32. The quantitative estimate of drug-likeness (QED) is 0.655. The summed E-state index contributed by atoms with van der Waals surface area (Å²) < 4.78 is 11.1. The Bertz CT molecular complexity index is 1230. The molecule has 0 radical (unpaired) electrons. The SMILES string of the molecule is O=C(c1ccc2c(c1)OCCO2)C1CCN(C(=O)c2n[nH]c(=O)c3ccccc23)CC1. The van der Waals surface area contributed by atoms with Gasteiger partial charge in [-0.15, -0.1) is 0 Å². The molecule has 5 rings (SSSR count). The second kappa shape index (κ2) is 7.86. The van der Waals surface area contributed by atoms with Crippen molar-refractivity contribution in [1.29, 1.82) is 0 Å². The van der Waals surface area contributed by atoms with E-state index in [9.17, 15) is 14.4 Å². The number of carbonyl (C=O) groups excluding carboxylic acids is 2. The average molecular weight is 419 g/mol. The van der Waals surface area contributed by atoms with Gasteiger partial charge in [-0.05, 0) is 37.1 Å². The van der Waals surface area contributed by atoms with Crippen LogP contribution in [-0.4, -0.2) is 53.1 Å². The van der Waals surface area contributed by atoms with E-state index < -0.39 is 0 Å². The van der Waals surface area contributed by atoms with Crippen LogP contribution in [0.4, 0.5) is 0 Å². The topological polar surface area (TPSA) is 102 Å². The molecule has 1 saturated heterocycles. The molecule has 3 heterocycles. The van der Waals surface area contributed by atoms with Gasteiger partial charge in [0.05, 0.1) is 5.39 Å². The summed E-state index contributed by atoms with van der Waals surface area (Å²) in [7, 11) is 0. The fourth-order valence-corrected chi connectivity index (χ4v) is 4.20. The van der Waals surface area contributed by atoms with E-state index in [4.69, 9.17) is 9.47 Å². The molecule has 8 heteroatoms. The van der Waals surface area contributed by atoms with Crippen molar-refractivity contribution in [2.75, 3.05) is 26.3 Å². The molecule has 1 fully saturated rings. The average Bonchev–Trinajstić information content (AvgIpc) is 2.83. The molecule has 31 heavy (non-hydrogen) atoms. The zero-order valence-electron chi connectivity index (χ0n) is 16.8. The van der Waals surface area contributed by atoms with Crippen molar-refractivity contribution in [1.82, 2.24) is 15.1 Å². The van der Waals surface area contributed by atoms with E-state index in [-0.39, 0.29) is 28.9 Å². The van der Waals surface area contributed by atoms with Crippen molar-refractivity contribution in [3.8, 4) is 11.5 Å². The van der Waals surface area contributed by atoms with Crippen LogP contribution in [0.3, 0.4) is 0 Å². The van der Waals surface area contributed by atoms with Gasteiger partial charge in [0.15, 0.2) is 23.0 Å². The highest BCUT2D eigenvalue weighted by molar-refractivity contribution is 6.05. The summed E-state index contributed by atoms with van der Waals surface area (Å²) in [4.78, 5) is 39.7. The molecule has 0 unspecified atom stereocenters. The standard InChI is InChI=1S/C23H21N3O5/c27-21(15-5-6-18-19(13-15)31-12-11-30-18)14-7-9-26(10-8-14)23(29)20-16-3-1-2-4-17(16)22(28)25-24-20/h1-6,13-14H,7-12H2,(H,25,28). The Kier molecular flexibility index (Phi) is 4.89. The van der Waals surface area contributed by atoms with Crippen molar-refractivity contribution >= 4 is 22.5 Å². The normalized spacial score (nSPS) is 16.3. The fraction of sp³-hybridized carbons (Fsp3) is 0.304. The third-order valence-corrected chi connectivity index (χ3v) is 5.88. The molecule has 1 amide bonds. The molecule has 0 spiro atoms. The molecular weight excluding hydrogens is 398 g/mol. The first-order valence-electron chi connectivity index (χ1n) is 10.3. The number of fused-ring (bicyclic) bond motifs is 2. The molecule has 0 saturated carbocycles. The minimum atomic E-state index is -0.323. The summed E-state index contributed by atoms with van der Waals surface area (Å²) in [5.41, 5.74) is 0.505. The van der Waals surface area contributed by atoms with Crippen LogP contribution in [0.25, 0.3) is 10.8 Å². The van der Waals surface area contributed by atoms with E-state index in [1.165, 1.54) is 0 Å². The molecule has 2 aliphatic rings. The second-order valence-electron chi connectivity index (χ2n) is 7.74. The van der Waals surface area contributed by atoms with E-state index >= 15 is 0 Å². The summed E-state index contributed by atoms with van der Waals surface area (Å²) in [5, 5.41) is 7.38. The number of H-pyrrole nitrogens is 1. The van der Waals surface area contributed by atoms with Gasteiger partial charge >= 0.3 is 0 Å². The van der Waals surface area contributed by atoms with Gasteiger partial charge in [0, 0.05) is 30.0 Å². The minimum absolute atomic E-state index is 0.0525. The van der Waals surface area contributed by atoms with Crippen molar-refractivity contribution in [2.45, 2.75) is 12.8 Å². The number of likely N-dealkylation sites (tertiary alicyclic amines) is 1. The lowest BCUT2D eigenvalue weighted by atomic mass is 9.88. The second-order valence-corrected chi connectivity index (χ2v) is 7.74. The van der Waals surface area contributed by atoms with Crippen molar-refractivity contribution < 1.29 is 19.1 Å². The van der Waals surface area contributed by atoms with Crippen LogP contribution >= 0.6 is 0 Å². The zero-order chi connectivity index (χ0) is 21.4. The number of ketones is 1. The van der Waals surface area contributed by atoms with Crippen molar-refractivity contribution in [2.24, 2.45) is 5.92 Å². The van der Waals surface area contributed by atoms with Crippen LogP contribution in [0.2, 0.25) is 0 Å². The van der Waals surface area contributed by atoms with Gasteiger partial charge in [0.2, 0.25) is 0 Å². The minimum Gasteiger partial charge on any atom is -0.486 e. The summed E-state index contributed by atoms with van der Waals surface area (Å²) in [6, 6.07) is 12.2. The van der Waals surface area contributed by atoms with Crippen molar-refractivity contribution in [3.63, 3.8) is 0 Å². The maximum atomic E-state index is 13.1. The monoisotopic (exact) mass is 419 g/mol. The number of aromatic amines is 1. The lowest BCUT2D eigenvalue weighted by molar-refractivity contribution is 0.0646. The maximum absolute atomic E-state index is 13.1. The molecule has 0 atom stereocenters. The van der Waals surface area contributed by atoms with Gasteiger partial charge in [-0.1, -0.05) is 18.2 Å². The van der Waals surface area contributed by atoms with Crippen LogP contribution < -0.4 is 15.0 Å². The lowest BCUT2D eigenvalue weighted by Crippen LogP contribution is -2.41. The summed E-state index contributed by atoms with van der Waals surface area (Å²) in [5.74, 6) is 0.908. The highest BCUT2D eigenvalue weighted by atomic mass is 16.6. The molecule has 1 N–H and O–H groups in total. The van der Waals surface area contributed by atoms with Crippen LogP contribution in [0.1, 0.15) is 33.7 Å². The van der Waals surface area contributed by atoms with Crippen molar-refractivity contribution in [3.05, 3.63) is 64.1 Å². The first-order valence-corrected chi connectivity index (χ1v) is 10.3. The number of Topliss-reactive ketones (excluding diaryl/α,β-unsaturated/α-hetero) is 1. The Hall–Kier alpha value is -3.68. The molecule has 3 aromatic rings. The molecule has 1 aromatic heterocycles. The predicted molar refractivity (Wildman–Crippen MR) is 113 cm³/mol. The van der Waals surface area contributed by atoms with Crippen LogP contribution in [0, 0.1) is 5.92 Å². The van der Waals surface area contributed by atoms with E-state index in [0.717, 1.165) is 0 Å². The smallest absolute Gasteiger partial charge is 0.274 e. The first-order chi connectivity index (χ1) is 15.1. The zero-order valence-corrected chi connectivity index (χ0v) is 16.8. The number of nitrogens with zero attached hydrogens (tertiary/aromatic N) is 2.